The molecule has 0 bridgehead atoms. The molecule has 122 valence electrons. The number of aliphatic hydroxyl groups excluding tert-OH is 1. The molecule has 2 aromatic carbocycles. The molecule has 0 aliphatic rings. The van der Waals surface area contributed by atoms with Gasteiger partial charge in [0.1, 0.15) is 5.75 Å². The van der Waals surface area contributed by atoms with E-state index in [0.29, 0.717) is 17.1 Å². The lowest BCUT2D eigenvalue weighted by atomic mass is 10.1. The number of rotatable bonds is 6. The van der Waals surface area contributed by atoms with Crippen LogP contribution in [0.1, 0.15) is 23.7 Å². The molecule has 0 aromatic heterocycles. The van der Waals surface area contributed by atoms with E-state index in [-0.39, 0.29) is 12.3 Å². The van der Waals surface area contributed by atoms with Gasteiger partial charge in [-0.15, -0.1) is 0 Å². The maximum atomic E-state index is 12.3. The van der Waals surface area contributed by atoms with Crippen molar-refractivity contribution in [1.29, 1.82) is 0 Å². The first-order chi connectivity index (χ1) is 11.0. The van der Waals surface area contributed by atoms with Gasteiger partial charge in [-0.1, -0.05) is 41.9 Å². The van der Waals surface area contributed by atoms with Gasteiger partial charge in [0.15, 0.2) is 0 Å². The average Bonchev–Trinajstić information content (AvgIpc) is 2.55. The lowest BCUT2D eigenvalue weighted by Gasteiger charge is -2.20. The summed E-state index contributed by atoms with van der Waals surface area (Å²) in [7, 11) is 3.31. The third kappa shape index (κ3) is 4.71. The van der Waals surface area contributed by atoms with E-state index >= 15 is 0 Å². The summed E-state index contributed by atoms with van der Waals surface area (Å²) in [6.45, 7) is 0.427. The Kier molecular flexibility index (Phi) is 6.02. The van der Waals surface area contributed by atoms with Gasteiger partial charge in [0, 0.05) is 24.2 Å². The van der Waals surface area contributed by atoms with Crippen LogP contribution in [-0.4, -0.2) is 30.1 Å². The number of ether oxygens (including phenoxy) is 1. The highest BCUT2D eigenvalue weighted by molar-refractivity contribution is 6.30. The highest BCUT2D eigenvalue weighted by atomic mass is 35.5. The van der Waals surface area contributed by atoms with E-state index in [9.17, 15) is 9.90 Å². The molecule has 2 aromatic rings. The Balaban J connectivity index is 1.98. The first-order valence-electron chi connectivity index (χ1n) is 7.30. The van der Waals surface area contributed by atoms with E-state index in [4.69, 9.17) is 16.3 Å². The van der Waals surface area contributed by atoms with Gasteiger partial charge in [-0.2, -0.15) is 0 Å². The van der Waals surface area contributed by atoms with Crippen LogP contribution in [0, 0.1) is 0 Å². The number of hydrogen-bond acceptors (Lipinski definition) is 3. The molecular formula is C18H20ClNO3. The zero-order chi connectivity index (χ0) is 16.8. The summed E-state index contributed by atoms with van der Waals surface area (Å²) in [4.78, 5) is 13.9. The number of nitrogens with zero attached hydrogens (tertiary/aromatic N) is 1. The normalized spacial score (nSPS) is 11.8. The molecular weight excluding hydrogens is 314 g/mol. The zero-order valence-corrected chi connectivity index (χ0v) is 14.0. The van der Waals surface area contributed by atoms with Crippen molar-refractivity contribution >= 4 is 17.5 Å². The zero-order valence-electron chi connectivity index (χ0n) is 13.2. The van der Waals surface area contributed by atoms with Gasteiger partial charge < -0.3 is 14.7 Å². The number of hydrogen-bond donors (Lipinski definition) is 1. The maximum Gasteiger partial charge on any atom is 0.225 e. The van der Waals surface area contributed by atoms with Gasteiger partial charge in [-0.3, -0.25) is 4.79 Å². The van der Waals surface area contributed by atoms with Crippen LogP contribution in [0.25, 0.3) is 0 Å². The molecule has 0 saturated heterocycles. The molecule has 0 aliphatic carbocycles. The second-order valence-electron chi connectivity index (χ2n) is 5.33. The van der Waals surface area contributed by atoms with Crippen LogP contribution in [0.15, 0.2) is 48.5 Å². The Labute approximate surface area is 141 Å². The molecule has 0 saturated carbocycles. The van der Waals surface area contributed by atoms with Crippen LogP contribution in [-0.2, 0) is 11.3 Å². The summed E-state index contributed by atoms with van der Waals surface area (Å²) in [5.41, 5.74) is 1.60. The predicted molar refractivity (Wildman–Crippen MR) is 90.5 cm³/mol. The van der Waals surface area contributed by atoms with Crippen molar-refractivity contribution in [2.24, 2.45) is 0 Å². The number of halogens is 1. The monoisotopic (exact) mass is 333 g/mol. The van der Waals surface area contributed by atoms with Gasteiger partial charge in [-0.25, -0.2) is 0 Å². The van der Waals surface area contributed by atoms with Gasteiger partial charge in [0.2, 0.25) is 5.91 Å². The van der Waals surface area contributed by atoms with E-state index in [1.54, 1.807) is 43.3 Å². The molecule has 0 radical (unpaired) electrons. The maximum absolute atomic E-state index is 12.3. The first-order valence-corrected chi connectivity index (χ1v) is 7.68. The first kappa shape index (κ1) is 17.3. The largest absolute Gasteiger partial charge is 0.496 e. The second kappa shape index (κ2) is 7.99. The number of carbonyl (C=O) groups excluding carboxylic acids is 1. The molecule has 1 amide bonds. The van der Waals surface area contributed by atoms with E-state index in [0.717, 1.165) is 11.3 Å². The summed E-state index contributed by atoms with van der Waals surface area (Å²) < 4.78 is 5.29. The fourth-order valence-electron chi connectivity index (χ4n) is 2.30. The van der Waals surface area contributed by atoms with Crippen molar-refractivity contribution < 1.29 is 14.6 Å². The molecule has 4 nitrogen and oxygen atoms in total. The fourth-order valence-corrected chi connectivity index (χ4v) is 2.43. The molecule has 0 fully saturated rings. The van der Waals surface area contributed by atoms with Crippen molar-refractivity contribution in [3.8, 4) is 5.75 Å². The van der Waals surface area contributed by atoms with Crippen LogP contribution in [0.4, 0.5) is 0 Å². The molecule has 1 atom stereocenters. The Hall–Kier alpha value is -2.04. The highest BCUT2D eigenvalue weighted by Gasteiger charge is 2.17. The summed E-state index contributed by atoms with van der Waals surface area (Å²) in [6.07, 6.45) is -0.826. The average molecular weight is 334 g/mol. The molecule has 0 heterocycles. The molecule has 5 heteroatoms. The lowest BCUT2D eigenvalue weighted by molar-refractivity contribution is -0.132. The summed E-state index contributed by atoms with van der Waals surface area (Å²) in [5, 5.41) is 10.8. The van der Waals surface area contributed by atoms with Crippen molar-refractivity contribution in [2.45, 2.75) is 19.1 Å². The Bertz CT molecular complexity index is 658. The molecule has 1 unspecified atom stereocenters. The molecule has 2 rings (SSSR count). The fraction of sp³-hybridized carbons (Fsp3) is 0.278. The summed E-state index contributed by atoms with van der Waals surface area (Å²) in [5.74, 6) is 0.601. The standard InChI is InChI=1S/C18H20ClNO3/c1-20(12-14-5-3-4-6-17(14)23-2)18(22)11-16(21)13-7-9-15(19)10-8-13/h3-10,16,21H,11-12H2,1-2H3. The van der Waals surface area contributed by atoms with Gasteiger partial charge in [0.25, 0.3) is 0 Å². The number of aliphatic hydroxyl groups is 1. The third-order valence-corrected chi connectivity index (χ3v) is 3.90. The van der Waals surface area contributed by atoms with E-state index in [2.05, 4.69) is 0 Å². The number of amides is 1. The smallest absolute Gasteiger partial charge is 0.225 e. The third-order valence-electron chi connectivity index (χ3n) is 3.65. The van der Waals surface area contributed by atoms with E-state index < -0.39 is 6.10 Å². The summed E-state index contributed by atoms with van der Waals surface area (Å²) >= 11 is 5.82. The van der Waals surface area contributed by atoms with Crippen molar-refractivity contribution in [1.82, 2.24) is 4.90 Å². The van der Waals surface area contributed by atoms with Crippen molar-refractivity contribution in [3.63, 3.8) is 0 Å². The summed E-state index contributed by atoms with van der Waals surface area (Å²) in [6, 6.07) is 14.4. The van der Waals surface area contributed by atoms with Crippen LogP contribution in [0.3, 0.4) is 0 Å². The van der Waals surface area contributed by atoms with Gasteiger partial charge in [0.05, 0.1) is 19.6 Å². The molecule has 23 heavy (non-hydrogen) atoms. The van der Waals surface area contributed by atoms with Crippen molar-refractivity contribution in [2.75, 3.05) is 14.2 Å². The van der Waals surface area contributed by atoms with Crippen LogP contribution < -0.4 is 4.74 Å². The Morgan fingerprint density at radius 2 is 1.87 bits per heavy atom. The number of carbonyl (C=O) groups is 1. The quantitative estimate of drug-likeness (QED) is 0.881. The molecule has 1 N–H and O–H groups in total. The second-order valence-corrected chi connectivity index (χ2v) is 5.77. The highest BCUT2D eigenvalue weighted by Crippen LogP contribution is 2.22. The van der Waals surface area contributed by atoms with Crippen LogP contribution in [0.5, 0.6) is 5.75 Å². The minimum atomic E-state index is -0.847. The number of benzene rings is 2. The number of methoxy groups -OCH3 is 1. The molecule has 0 spiro atoms. The van der Waals surface area contributed by atoms with Gasteiger partial charge in [-0.05, 0) is 23.8 Å². The van der Waals surface area contributed by atoms with E-state index in [1.807, 2.05) is 24.3 Å². The van der Waals surface area contributed by atoms with E-state index in [1.165, 1.54) is 0 Å². The van der Waals surface area contributed by atoms with Crippen LogP contribution in [0.2, 0.25) is 5.02 Å². The Morgan fingerprint density at radius 1 is 1.22 bits per heavy atom. The topological polar surface area (TPSA) is 49.8 Å². The minimum absolute atomic E-state index is 0.0211. The van der Waals surface area contributed by atoms with Crippen LogP contribution >= 0.6 is 11.6 Å². The molecule has 0 aliphatic heterocycles. The minimum Gasteiger partial charge on any atom is -0.496 e. The van der Waals surface area contributed by atoms with Gasteiger partial charge >= 0.3 is 0 Å². The number of para-hydroxylation sites is 1. The SMILES string of the molecule is COc1ccccc1CN(C)C(=O)CC(O)c1ccc(Cl)cc1. The Morgan fingerprint density at radius 3 is 2.52 bits per heavy atom. The van der Waals surface area contributed by atoms with Crippen molar-refractivity contribution in [3.05, 3.63) is 64.7 Å². The lowest BCUT2D eigenvalue weighted by Crippen LogP contribution is -2.27. The predicted octanol–water partition coefficient (Wildman–Crippen LogP) is 3.43.